The van der Waals surface area contributed by atoms with Gasteiger partial charge in [0, 0.05) is 12.1 Å². The number of ether oxygens (including phenoxy) is 3. The highest BCUT2D eigenvalue weighted by Gasteiger charge is 2.19. The Morgan fingerprint density at radius 1 is 0.958 bits per heavy atom. The fraction of sp³-hybridized carbons (Fsp3) is 0.278. The molecule has 5 nitrogen and oxygen atoms in total. The van der Waals surface area contributed by atoms with Crippen LogP contribution in [0.25, 0.3) is 0 Å². The van der Waals surface area contributed by atoms with Crippen molar-refractivity contribution in [3.8, 4) is 17.2 Å². The van der Waals surface area contributed by atoms with E-state index in [0.717, 1.165) is 5.56 Å². The van der Waals surface area contributed by atoms with Gasteiger partial charge in [-0.05, 0) is 24.6 Å². The summed E-state index contributed by atoms with van der Waals surface area (Å²) < 4.78 is 28.7. The van der Waals surface area contributed by atoms with Gasteiger partial charge in [0.05, 0.1) is 32.9 Å². The van der Waals surface area contributed by atoms with Gasteiger partial charge in [-0.25, -0.2) is 4.39 Å². The van der Waals surface area contributed by atoms with E-state index in [2.05, 4.69) is 5.32 Å². The Kier molecular flexibility index (Phi) is 5.63. The minimum atomic E-state index is -0.329. The number of halogens is 1. The lowest BCUT2D eigenvalue weighted by Crippen LogP contribution is -2.27. The molecule has 1 N–H and O–H groups in total. The SMILES string of the molecule is COc1cc(OC)c(C(=O)NC(C)c2ccc(F)cc2)cc1OC. The van der Waals surface area contributed by atoms with Crippen LogP contribution < -0.4 is 19.5 Å². The molecular weight excluding hydrogens is 313 g/mol. The predicted octanol–water partition coefficient (Wildman–Crippen LogP) is 3.34. The van der Waals surface area contributed by atoms with Crippen LogP contribution in [0.2, 0.25) is 0 Å². The summed E-state index contributed by atoms with van der Waals surface area (Å²) in [7, 11) is 4.47. The van der Waals surface area contributed by atoms with E-state index < -0.39 is 0 Å². The molecule has 0 aliphatic rings. The monoisotopic (exact) mass is 333 g/mol. The summed E-state index contributed by atoms with van der Waals surface area (Å²) in [6, 6.07) is 8.83. The molecule has 0 fully saturated rings. The number of hydrogen-bond acceptors (Lipinski definition) is 4. The molecule has 2 aromatic carbocycles. The maximum atomic E-state index is 13.0. The number of methoxy groups -OCH3 is 3. The highest BCUT2D eigenvalue weighted by atomic mass is 19.1. The van der Waals surface area contributed by atoms with Crippen molar-refractivity contribution >= 4 is 5.91 Å². The Bertz CT molecular complexity index is 716. The van der Waals surface area contributed by atoms with Gasteiger partial charge in [-0.15, -0.1) is 0 Å². The quantitative estimate of drug-likeness (QED) is 0.881. The molecule has 0 spiro atoms. The Hall–Kier alpha value is -2.76. The van der Waals surface area contributed by atoms with Crippen LogP contribution in [0.4, 0.5) is 4.39 Å². The molecular formula is C18H20FNO4. The lowest BCUT2D eigenvalue weighted by atomic mass is 10.1. The van der Waals surface area contributed by atoms with Gasteiger partial charge in [-0.3, -0.25) is 4.79 Å². The molecule has 2 aromatic rings. The lowest BCUT2D eigenvalue weighted by Gasteiger charge is -2.17. The molecule has 1 amide bonds. The molecule has 0 saturated heterocycles. The highest BCUT2D eigenvalue weighted by molar-refractivity contribution is 5.98. The average molecular weight is 333 g/mol. The van der Waals surface area contributed by atoms with E-state index in [0.29, 0.717) is 22.8 Å². The summed E-state index contributed by atoms with van der Waals surface area (Å²) in [5.41, 5.74) is 1.12. The minimum absolute atomic E-state index is 0.295. The summed E-state index contributed by atoms with van der Waals surface area (Å²) in [4.78, 5) is 12.6. The fourth-order valence-corrected chi connectivity index (χ4v) is 2.32. The second-order valence-corrected chi connectivity index (χ2v) is 5.15. The zero-order valence-electron chi connectivity index (χ0n) is 14.1. The van der Waals surface area contributed by atoms with Crippen molar-refractivity contribution in [2.75, 3.05) is 21.3 Å². The summed E-state index contributed by atoms with van der Waals surface area (Å²) in [6.45, 7) is 1.82. The summed E-state index contributed by atoms with van der Waals surface area (Å²) >= 11 is 0. The molecule has 128 valence electrons. The van der Waals surface area contributed by atoms with Crippen LogP contribution in [-0.2, 0) is 0 Å². The Labute approximate surface area is 140 Å². The molecule has 0 aromatic heterocycles. The van der Waals surface area contributed by atoms with Gasteiger partial charge in [0.25, 0.3) is 5.91 Å². The number of rotatable bonds is 6. The molecule has 1 atom stereocenters. The first-order valence-electron chi connectivity index (χ1n) is 7.36. The number of carbonyl (C=O) groups excluding carboxylic acids is 1. The molecule has 0 radical (unpaired) electrons. The smallest absolute Gasteiger partial charge is 0.255 e. The van der Waals surface area contributed by atoms with E-state index in [9.17, 15) is 9.18 Å². The number of amides is 1. The van der Waals surface area contributed by atoms with Crippen molar-refractivity contribution in [3.63, 3.8) is 0 Å². The summed E-state index contributed by atoms with van der Waals surface area (Å²) in [5, 5.41) is 2.86. The van der Waals surface area contributed by atoms with Crippen LogP contribution in [-0.4, -0.2) is 27.2 Å². The van der Waals surface area contributed by atoms with Gasteiger partial charge in [-0.2, -0.15) is 0 Å². The van der Waals surface area contributed by atoms with E-state index in [4.69, 9.17) is 14.2 Å². The number of carbonyl (C=O) groups is 1. The molecule has 0 aliphatic carbocycles. The molecule has 1 unspecified atom stereocenters. The van der Waals surface area contributed by atoms with Crippen LogP contribution in [0.15, 0.2) is 36.4 Å². The Morgan fingerprint density at radius 2 is 1.50 bits per heavy atom. The van der Waals surface area contributed by atoms with Crippen molar-refractivity contribution in [1.82, 2.24) is 5.32 Å². The second kappa shape index (κ2) is 7.68. The topological polar surface area (TPSA) is 56.8 Å². The van der Waals surface area contributed by atoms with Crippen LogP contribution in [0.5, 0.6) is 17.2 Å². The van der Waals surface area contributed by atoms with Crippen LogP contribution >= 0.6 is 0 Å². The van der Waals surface area contributed by atoms with E-state index in [1.807, 2.05) is 6.92 Å². The molecule has 6 heteroatoms. The largest absolute Gasteiger partial charge is 0.496 e. The van der Waals surface area contributed by atoms with Crippen molar-refractivity contribution in [1.29, 1.82) is 0 Å². The highest BCUT2D eigenvalue weighted by Crippen LogP contribution is 2.34. The van der Waals surface area contributed by atoms with Gasteiger partial charge in [-0.1, -0.05) is 12.1 Å². The maximum Gasteiger partial charge on any atom is 0.255 e. The zero-order valence-corrected chi connectivity index (χ0v) is 14.1. The van der Waals surface area contributed by atoms with E-state index >= 15 is 0 Å². The van der Waals surface area contributed by atoms with E-state index in [-0.39, 0.29) is 17.8 Å². The Morgan fingerprint density at radius 3 is 2.04 bits per heavy atom. The average Bonchev–Trinajstić information content (AvgIpc) is 2.60. The van der Waals surface area contributed by atoms with Gasteiger partial charge in [0.2, 0.25) is 0 Å². The Balaban J connectivity index is 2.26. The second-order valence-electron chi connectivity index (χ2n) is 5.15. The van der Waals surface area contributed by atoms with Crippen LogP contribution in [0.3, 0.4) is 0 Å². The van der Waals surface area contributed by atoms with Crippen molar-refractivity contribution in [2.45, 2.75) is 13.0 Å². The number of nitrogens with one attached hydrogen (secondary N) is 1. The zero-order chi connectivity index (χ0) is 17.7. The van der Waals surface area contributed by atoms with Gasteiger partial charge in [0.15, 0.2) is 11.5 Å². The third-order valence-electron chi connectivity index (χ3n) is 3.67. The molecule has 24 heavy (non-hydrogen) atoms. The van der Waals surface area contributed by atoms with Gasteiger partial charge >= 0.3 is 0 Å². The first-order valence-corrected chi connectivity index (χ1v) is 7.36. The van der Waals surface area contributed by atoms with Crippen LogP contribution in [0.1, 0.15) is 28.9 Å². The number of benzene rings is 2. The van der Waals surface area contributed by atoms with E-state index in [1.54, 1.807) is 24.3 Å². The first-order chi connectivity index (χ1) is 11.5. The molecule has 0 bridgehead atoms. The minimum Gasteiger partial charge on any atom is -0.496 e. The molecule has 0 saturated carbocycles. The summed E-state index contributed by atoms with van der Waals surface area (Å²) in [5.74, 6) is 0.621. The third kappa shape index (κ3) is 3.76. The molecule has 0 heterocycles. The van der Waals surface area contributed by atoms with E-state index in [1.165, 1.54) is 33.5 Å². The summed E-state index contributed by atoms with van der Waals surface area (Å²) in [6.07, 6.45) is 0. The standard InChI is InChI=1S/C18H20FNO4/c1-11(12-5-7-13(19)8-6-12)20-18(21)14-9-16(23-3)17(24-4)10-15(14)22-2/h5-11H,1-4H3,(H,20,21). The van der Waals surface area contributed by atoms with Crippen molar-refractivity contribution in [3.05, 3.63) is 53.3 Å². The molecule has 0 aliphatic heterocycles. The molecule has 2 rings (SSSR count). The van der Waals surface area contributed by atoms with Crippen LogP contribution in [0, 0.1) is 5.82 Å². The van der Waals surface area contributed by atoms with Crippen molar-refractivity contribution in [2.24, 2.45) is 0 Å². The normalized spacial score (nSPS) is 11.5. The van der Waals surface area contributed by atoms with Gasteiger partial charge < -0.3 is 19.5 Å². The third-order valence-corrected chi connectivity index (χ3v) is 3.67. The first kappa shape index (κ1) is 17.6. The van der Waals surface area contributed by atoms with Crippen molar-refractivity contribution < 1.29 is 23.4 Å². The predicted molar refractivity (Wildman–Crippen MR) is 88.4 cm³/mol. The van der Waals surface area contributed by atoms with Gasteiger partial charge in [0.1, 0.15) is 11.6 Å². The maximum absolute atomic E-state index is 13.0. The number of hydrogen-bond donors (Lipinski definition) is 1. The lowest BCUT2D eigenvalue weighted by molar-refractivity contribution is 0.0936. The fourth-order valence-electron chi connectivity index (χ4n) is 2.32.